The Morgan fingerprint density at radius 1 is 1.23 bits per heavy atom. The van der Waals surface area contributed by atoms with E-state index < -0.39 is 10.9 Å². The van der Waals surface area contributed by atoms with Gasteiger partial charge in [-0.05, 0) is 36.3 Å². The summed E-state index contributed by atoms with van der Waals surface area (Å²) in [5.74, 6) is -0.605. The topological polar surface area (TPSA) is 81.8 Å². The van der Waals surface area contributed by atoms with E-state index >= 15 is 0 Å². The SMILES string of the molecule is CC(=C\c1ccccc1)/C=C1/N=C(c2ccc(Cl)c([N+](=O)[O-])c2)OC1=O. The quantitative estimate of drug-likeness (QED) is 0.343. The molecule has 26 heavy (non-hydrogen) atoms. The Hall–Kier alpha value is -3.25. The minimum atomic E-state index is -0.613. The van der Waals surface area contributed by atoms with E-state index in [0.29, 0.717) is 5.56 Å². The number of carbonyl (C=O) groups excluding carboxylic acids is 1. The van der Waals surface area contributed by atoms with Crippen molar-refractivity contribution in [1.29, 1.82) is 0 Å². The van der Waals surface area contributed by atoms with Gasteiger partial charge in [0.25, 0.3) is 5.69 Å². The number of carbonyl (C=O) groups is 1. The van der Waals surface area contributed by atoms with Gasteiger partial charge in [0.15, 0.2) is 5.70 Å². The number of nitro benzene ring substituents is 1. The van der Waals surface area contributed by atoms with Gasteiger partial charge in [0.05, 0.1) is 4.92 Å². The summed E-state index contributed by atoms with van der Waals surface area (Å²) in [7, 11) is 0. The van der Waals surface area contributed by atoms with Crippen LogP contribution in [0, 0.1) is 10.1 Å². The standard InChI is InChI=1S/C19H13ClN2O4/c1-12(9-13-5-3-2-4-6-13)10-16-19(23)26-18(21-16)14-7-8-15(20)17(11-14)22(24)25/h2-11H,1H3/b12-9+,16-10+. The highest BCUT2D eigenvalue weighted by Gasteiger charge is 2.26. The van der Waals surface area contributed by atoms with Crippen molar-refractivity contribution < 1.29 is 14.5 Å². The molecule has 0 spiro atoms. The number of cyclic esters (lactones) is 1. The largest absolute Gasteiger partial charge is 0.402 e. The van der Waals surface area contributed by atoms with Gasteiger partial charge in [0.1, 0.15) is 5.02 Å². The van der Waals surface area contributed by atoms with Crippen molar-refractivity contribution >= 4 is 35.2 Å². The molecule has 1 aliphatic heterocycles. The molecule has 1 heterocycles. The van der Waals surface area contributed by atoms with E-state index in [4.69, 9.17) is 16.3 Å². The normalized spacial score (nSPS) is 15.8. The molecule has 2 aromatic carbocycles. The number of nitrogens with zero attached hydrogens (tertiary/aromatic N) is 2. The van der Waals surface area contributed by atoms with Crippen molar-refractivity contribution in [3.63, 3.8) is 0 Å². The maximum Gasteiger partial charge on any atom is 0.363 e. The minimum Gasteiger partial charge on any atom is -0.402 e. The molecule has 3 rings (SSSR count). The van der Waals surface area contributed by atoms with Gasteiger partial charge in [-0.25, -0.2) is 9.79 Å². The minimum absolute atomic E-state index is 0.000998. The summed E-state index contributed by atoms with van der Waals surface area (Å²) in [6, 6.07) is 13.7. The number of benzene rings is 2. The summed E-state index contributed by atoms with van der Waals surface area (Å²) < 4.78 is 5.14. The Kier molecular flexibility index (Phi) is 4.95. The third kappa shape index (κ3) is 3.87. The maximum atomic E-state index is 12.0. The first-order valence-electron chi connectivity index (χ1n) is 7.64. The zero-order valence-electron chi connectivity index (χ0n) is 13.7. The number of nitro groups is 1. The molecule has 6 nitrogen and oxygen atoms in total. The zero-order valence-corrected chi connectivity index (χ0v) is 14.4. The number of ether oxygens (including phenoxy) is 1. The van der Waals surface area contributed by atoms with Gasteiger partial charge in [0, 0.05) is 11.6 Å². The lowest BCUT2D eigenvalue weighted by Crippen LogP contribution is -2.06. The van der Waals surface area contributed by atoms with Crippen LogP contribution in [0.4, 0.5) is 5.69 Å². The molecule has 0 aromatic heterocycles. The van der Waals surface area contributed by atoms with Gasteiger partial charge in [-0.3, -0.25) is 10.1 Å². The molecular formula is C19H13ClN2O4. The third-order valence-electron chi connectivity index (χ3n) is 3.57. The zero-order chi connectivity index (χ0) is 18.7. The average molecular weight is 369 g/mol. The summed E-state index contributed by atoms with van der Waals surface area (Å²) in [6.45, 7) is 1.84. The van der Waals surface area contributed by atoms with Crippen LogP contribution < -0.4 is 0 Å². The van der Waals surface area contributed by atoms with Crippen molar-refractivity contribution in [3.8, 4) is 0 Å². The van der Waals surface area contributed by atoms with Crippen LogP contribution in [0.2, 0.25) is 5.02 Å². The van der Waals surface area contributed by atoms with E-state index in [1.807, 2.05) is 43.3 Å². The Labute approximate surface area is 154 Å². The molecule has 7 heteroatoms. The molecule has 2 aromatic rings. The molecule has 0 amide bonds. The van der Waals surface area contributed by atoms with Gasteiger partial charge >= 0.3 is 5.97 Å². The number of allylic oxidation sites excluding steroid dienone is 2. The Bertz CT molecular complexity index is 978. The summed E-state index contributed by atoms with van der Waals surface area (Å²) in [5, 5.41) is 11.0. The predicted molar refractivity (Wildman–Crippen MR) is 98.9 cm³/mol. The van der Waals surface area contributed by atoms with E-state index in [-0.39, 0.29) is 22.3 Å². The highest BCUT2D eigenvalue weighted by Crippen LogP contribution is 2.27. The molecular weight excluding hydrogens is 356 g/mol. The second-order valence-electron chi connectivity index (χ2n) is 5.56. The molecule has 0 saturated heterocycles. The monoisotopic (exact) mass is 368 g/mol. The maximum absolute atomic E-state index is 12.0. The highest BCUT2D eigenvalue weighted by atomic mass is 35.5. The molecule has 1 aliphatic rings. The predicted octanol–water partition coefficient (Wildman–Crippen LogP) is 4.54. The molecule has 0 bridgehead atoms. The van der Waals surface area contributed by atoms with Crippen LogP contribution in [0.3, 0.4) is 0 Å². The first kappa shape index (κ1) is 17.6. The van der Waals surface area contributed by atoms with Crippen LogP contribution in [0.5, 0.6) is 0 Å². The summed E-state index contributed by atoms with van der Waals surface area (Å²) in [4.78, 5) is 26.6. The lowest BCUT2D eigenvalue weighted by molar-refractivity contribution is -0.384. The van der Waals surface area contributed by atoms with Gasteiger partial charge in [-0.2, -0.15) is 0 Å². The Balaban J connectivity index is 1.91. The molecule has 0 N–H and O–H groups in total. The number of rotatable bonds is 4. The fraction of sp³-hybridized carbons (Fsp3) is 0.0526. The van der Waals surface area contributed by atoms with Crippen LogP contribution in [-0.4, -0.2) is 16.8 Å². The van der Waals surface area contributed by atoms with Crippen molar-refractivity contribution in [2.45, 2.75) is 6.92 Å². The van der Waals surface area contributed by atoms with Gasteiger partial charge in [-0.1, -0.05) is 48.0 Å². The second kappa shape index (κ2) is 7.33. The van der Waals surface area contributed by atoms with E-state index in [2.05, 4.69) is 4.99 Å². The highest BCUT2D eigenvalue weighted by molar-refractivity contribution is 6.32. The van der Waals surface area contributed by atoms with Crippen molar-refractivity contribution in [3.05, 3.63) is 92.1 Å². The lowest BCUT2D eigenvalue weighted by atomic mass is 10.1. The molecule has 0 unspecified atom stereocenters. The first-order valence-corrected chi connectivity index (χ1v) is 8.02. The van der Waals surface area contributed by atoms with Crippen LogP contribution in [0.25, 0.3) is 6.08 Å². The average Bonchev–Trinajstić information content (AvgIpc) is 2.96. The number of halogens is 1. The Morgan fingerprint density at radius 3 is 2.65 bits per heavy atom. The molecule has 0 radical (unpaired) electrons. The van der Waals surface area contributed by atoms with Gasteiger partial charge in [0.2, 0.25) is 5.90 Å². The van der Waals surface area contributed by atoms with Crippen molar-refractivity contribution in [2.75, 3.05) is 0 Å². The Morgan fingerprint density at radius 2 is 1.96 bits per heavy atom. The molecule has 130 valence electrons. The molecule has 0 saturated carbocycles. The summed E-state index contributed by atoms with van der Waals surface area (Å²) in [5.41, 5.74) is 1.96. The molecule has 0 atom stereocenters. The molecule has 0 aliphatic carbocycles. The van der Waals surface area contributed by atoms with E-state index in [0.717, 1.165) is 11.1 Å². The van der Waals surface area contributed by atoms with Crippen LogP contribution in [0.15, 0.2) is 70.9 Å². The summed E-state index contributed by atoms with van der Waals surface area (Å²) >= 11 is 5.79. The second-order valence-corrected chi connectivity index (χ2v) is 5.97. The van der Waals surface area contributed by atoms with Crippen LogP contribution >= 0.6 is 11.6 Å². The van der Waals surface area contributed by atoms with E-state index in [1.54, 1.807) is 6.08 Å². The number of hydrogen-bond donors (Lipinski definition) is 0. The van der Waals surface area contributed by atoms with Crippen molar-refractivity contribution in [2.24, 2.45) is 4.99 Å². The van der Waals surface area contributed by atoms with Gasteiger partial charge < -0.3 is 4.74 Å². The molecule has 0 fully saturated rings. The van der Waals surface area contributed by atoms with Crippen LogP contribution in [0.1, 0.15) is 18.1 Å². The first-order chi connectivity index (χ1) is 12.4. The van der Waals surface area contributed by atoms with Crippen molar-refractivity contribution in [1.82, 2.24) is 0 Å². The third-order valence-corrected chi connectivity index (χ3v) is 3.89. The van der Waals surface area contributed by atoms with E-state index in [1.165, 1.54) is 18.2 Å². The number of hydrogen-bond acceptors (Lipinski definition) is 5. The number of esters is 1. The summed E-state index contributed by atoms with van der Waals surface area (Å²) in [6.07, 6.45) is 3.51. The fourth-order valence-electron chi connectivity index (χ4n) is 2.39. The van der Waals surface area contributed by atoms with Gasteiger partial charge in [-0.15, -0.1) is 0 Å². The lowest BCUT2D eigenvalue weighted by Gasteiger charge is -2.00. The van der Waals surface area contributed by atoms with Crippen LogP contribution in [-0.2, 0) is 9.53 Å². The smallest absolute Gasteiger partial charge is 0.363 e. The van der Waals surface area contributed by atoms with E-state index in [9.17, 15) is 14.9 Å². The fourth-order valence-corrected chi connectivity index (χ4v) is 2.57. The number of aliphatic imine (C=N–C) groups is 1.